The Balaban J connectivity index is 1.56. The fraction of sp³-hybridized carbons (Fsp3) is 0.172. The van der Waals surface area contributed by atoms with Gasteiger partial charge in [-0.25, -0.2) is 9.79 Å². The van der Waals surface area contributed by atoms with E-state index in [4.69, 9.17) is 14.2 Å². The Hall–Kier alpha value is -4.07. The van der Waals surface area contributed by atoms with Crippen molar-refractivity contribution in [3.8, 4) is 17.6 Å². The number of aliphatic imine (C=N–C) groups is 1. The van der Waals surface area contributed by atoms with Crippen molar-refractivity contribution in [3.63, 3.8) is 0 Å². The van der Waals surface area contributed by atoms with Crippen LogP contribution in [0.4, 0.5) is 5.69 Å². The molecule has 1 fully saturated rings. The van der Waals surface area contributed by atoms with E-state index in [2.05, 4.69) is 27.0 Å². The fourth-order valence-corrected chi connectivity index (χ4v) is 5.26. The number of nitrogens with zero attached hydrogens (tertiary/aromatic N) is 3. The van der Waals surface area contributed by atoms with Gasteiger partial charge in [0.25, 0.3) is 5.91 Å². The smallest absolute Gasteiger partial charge is 0.338 e. The molecule has 198 valence electrons. The van der Waals surface area contributed by atoms with Crippen molar-refractivity contribution in [2.24, 2.45) is 4.99 Å². The summed E-state index contributed by atoms with van der Waals surface area (Å²) in [6.07, 6.45) is 1.75. The molecule has 1 saturated heterocycles. The van der Waals surface area contributed by atoms with Gasteiger partial charge in [-0.15, -0.1) is 0 Å². The second-order valence-electron chi connectivity index (χ2n) is 8.23. The summed E-state index contributed by atoms with van der Waals surface area (Å²) in [4.78, 5) is 31.6. The van der Waals surface area contributed by atoms with Crippen LogP contribution < -0.4 is 9.47 Å². The monoisotopic (exact) mass is 605 g/mol. The Kier molecular flexibility index (Phi) is 9.07. The molecular weight excluding hydrogens is 582 g/mol. The Morgan fingerprint density at radius 1 is 1.18 bits per heavy atom. The van der Waals surface area contributed by atoms with E-state index in [1.165, 1.54) is 23.8 Å². The molecule has 1 amide bonds. The Morgan fingerprint density at radius 3 is 2.72 bits per heavy atom. The van der Waals surface area contributed by atoms with Crippen LogP contribution in [0, 0.1) is 11.3 Å². The van der Waals surface area contributed by atoms with Gasteiger partial charge < -0.3 is 14.2 Å². The average molecular weight is 606 g/mol. The maximum Gasteiger partial charge on any atom is 0.338 e. The van der Waals surface area contributed by atoms with Crippen LogP contribution >= 0.6 is 27.7 Å². The predicted molar refractivity (Wildman–Crippen MR) is 154 cm³/mol. The number of ether oxygens (including phenoxy) is 3. The lowest BCUT2D eigenvalue weighted by atomic mass is 10.1. The number of benzene rings is 3. The number of thioether (sulfide) groups is 1. The lowest BCUT2D eigenvalue weighted by Crippen LogP contribution is -2.23. The van der Waals surface area contributed by atoms with Gasteiger partial charge in [0, 0.05) is 12.6 Å². The zero-order valence-electron chi connectivity index (χ0n) is 21.4. The van der Waals surface area contributed by atoms with Crippen LogP contribution in [0.15, 0.2) is 75.0 Å². The van der Waals surface area contributed by atoms with Crippen molar-refractivity contribution >= 4 is 56.5 Å². The first-order chi connectivity index (χ1) is 18.8. The molecule has 0 spiro atoms. The van der Waals surface area contributed by atoms with E-state index in [0.29, 0.717) is 42.9 Å². The topological polar surface area (TPSA) is 101 Å². The first kappa shape index (κ1) is 28.0. The van der Waals surface area contributed by atoms with E-state index in [9.17, 15) is 14.9 Å². The SMILES string of the molecule is CCOC(=O)c1cccc(N=C2SC(=Cc3cc(Br)c(OCc4ccccc4C#N)c(OC)c3)C(=O)N2C)c1. The molecule has 10 heteroatoms. The average Bonchev–Trinajstić information content (AvgIpc) is 3.20. The molecule has 8 nitrogen and oxygen atoms in total. The Labute approximate surface area is 239 Å². The van der Waals surface area contributed by atoms with Crippen molar-refractivity contribution < 1.29 is 23.8 Å². The number of rotatable bonds is 8. The standard InChI is InChI=1S/C29H24BrN3O5S/c1-4-37-28(35)19-10-7-11-22(15-19)32-29-33(2)27(34)25(39-29)14-18-12-23(30)26(24(13-18)36-3)38-17-21-9-6-5-8-20(21)16-31/h5-15H,4,17H2,1-3H3. The molecule has 39 heavy (non-hydrogen) atoms. The quantitative estimate of drug-likeness (QED) is 0.219. The molecule has 1 heterocycles. The van der Waals surface area contributed by atoms with Gasteiger partial charge in [-0.2, -0.15) is 5.26 Å². The van der Waals surface area contributed by atoms with E-state index in [-0.39, 0.29) is 19.1 Å². The van der Waals surface area contributed by atoms with Gasteiger partial charge in [0.1, 0.15) is 6.61 Å². The highest BCUT2D eigenvalue weighted by atomic mass is 79.9. The van der Waals surface area contributed by atoms with E-state index in [1.54, 1.807) is 62.5 Å². The van der Waals surface area contributed by atoms with Crippen molar-refractivity contribution in [2.45, 2.75) is 13.5 Å². The molecular formula is C29H24BrN3O5S. The number of amides is 1. The summed E-state index contributed by atoms with van der Waals surface area (Å²) in [6, 6.07) is 19.7. The molecule has 1 aliphatic rings. The van der Waals surface area contributed by atoms with Gasteiger partial charge in [-0.3, -0.25) is 9.69 Å². The number of hydrogen-bond donors (Lipinski definition) is 0. The largest absolute Gasteiger partial charge is 0.493 e. The molecule has 3 aromatic carbocycles. The van der Waals surface area contributed by atoms with Crippen molar-refractivity contribution in [1.29, 1.82) is 5.26 Å². The number of likely N-dealkylation sites (N-methyl/N-ethyl adjacent to an activating group) is 1. The molecule has 3 aromatic rings. The van der Waals surface area contributed by atoms with Crippen LogP contribution in [-0.4, -0.2) is 42.7 Å². The molecule has 0 aromatic heterocycles. The highest BCUT2D eigenvalue weighted by Crippen LogP contribution is 2.39. The number of carbonyl (C=O) groups excluding carboxylic acids is 2. The van der Waals surface area contributed by atoms with Crippen molar-refractivity contribution in [2.75, 3.05) is 20.8 Å². The molecule has 0 aliphatic carbocycles. The van der Waals surface area contributed by atoms with Crippen LogP contribution in [0.3, 0.4) is 0 Å². The summed E-state index contributed by atoms with van der Waals surface area (Å²) in [5.41, 5.74) is 2.95. The normalized spacial score (nSPS) is 14.9. The first-order valence-corrected chi connectivity index (χ1v) is 13.5. The van der Waals surface area contributed by atoms with E-state index < -0.39 is 5.97 Å². The van der Waals surface area contributed by atoms with Crippen molar-refractivity contribution in [3.05, 3.63) is 92.3 Å². The molecule has 0 radical (unpaired) electrons. The maximum atomic E-state index is 13.0. The third-order valence-corrected chi connectivity index (χ3v) is 7.29. The number of amidine groups is 1. The number of hydrogen-bond acceptors (Lipinski definition) is 8. The van der Waals surface area contributed by atoms with Gasteiger partial charge in [-0.05, 0) is 82.7 Å². The number of nitriles is 1. The lowest BCUT2D eigenvalue weighted by molar-refractivity contribution is -0.121. The highest BCUT2D eigenvalue weighted by Gasteiger charge is 2.30. The number of halogens is 1. The zero-order valence-corrected chi connectivity index (χ0v) is 23.8. The summed E-state index contributed by atoms with van der Waals surface area (Å²) in [7, 11) is 3.18. The van der Waals surface area contributed by atoms with Gasteiger partial charge in [0.05, 0.1) is 46.0 Å². The summed E-state index contributed by atoms with van der Waals surface area (Å²) >= 11 is 4.78. The molecule has 0 atom stereocenters. The lowest BCUT2D eigenvalue weighted by Gasteiger charge is -2.14. The summed E-state index contributed by atoms with van der Waals surface area (Å²) in [6.45, 7) is 2.22. The van der Waals surface area contributed by atoms with Crippen LogP contribution in [0.25, 0.3) is 6.08 Å². The van der Waals surface area contributed by atoms with Gasteiger partial charge in [0.15, 0.2) is 16.7 Å². The third kappa shape index (κ3) is 6.50. The second kappa shape index (κ2) is 12.7. The second-order valence-corrected chi connectivity index (χ2v) is 10.1. The zero-order chi connectivity index (χ0) is 27.9. The van der Waals surface area contributed by atoms with E-state index in [1.807, 2.05) is 18.2 Å². The minimum Gasteiger partial charge on any atom is -0.493 e. The first-order valence-electron chi connectivity index (χ1n) is 11.9. The minimum absolute atomic E-state index is 0.190. The maximum absolute atomic E-state index is 13.0. The summed E-state index contributed by atoms with van der Waals surface area (Å²) < 4.78 is 17.3. The summed E-state index contributed by atoms with van der Waals surface area (Å²) in [5, 5.41) is 9.81. The molecule has 1 aliphatic heterocycles. The molecule has 0 saturated carbocycles. The van der Waals surface area contributed by atoms with Crippen LogP contribution in [0.5, 0.6) is 11.5 Å². The highest BCUT2D eigenvalue weighted by molar-refractivity contribution is 9.10. The predicted octanol–water partition coefficient (Wildman–Crippen LogP) is 6.32. The number of carbonyl (C=O) groups is 2. The number of esters is 1. The van der Waals surface area contributed by atoms with E-state index >= 15 is 0 Å². The van der Waals surface area contributed by atoms with Crippen LogP contribution in [0.2, 0.25) is 0 Å². The number of methoxy groups -OCH3 is 1. The molecule has 0 unspecified atom stereocenters. The summed E-state index contributed by atoms with van der Waals surface area (Å²) in [5.74, 6) is 0.325. The fourth-order valence-electron chi connectivity index (χ4n) is 3.70. The van der Waals surface area contributed by atoms with Crippen LogP contribution in [0.1, 0.15) is 34.0 Å². The Bertz CT molecular complexity index is 1530. The Morgan fingerprint density at radius 2 is 1.97 bits per heavy atom. The minimum atomic E-state index is -0.426. The van der Waals surface area contributed by atoms with Crippen molar-refractivity contribution in [1.82, 2.24) is 4.90 Å². The molecule has 4 rings (SSSR count). The van der Waals surface area contributed by atoms with E-state index in [0.717, 1.165) is 11.1 Å². The van der Waals surface area contributed by atoms with Crippen LogP contribution in [-0.2, 0) is 16.1 Å². The molecule has 0 N–H and O–H groups in total. The third-order valence-electron chi connectivity index (χ3n) is 5.64. The van der Waals surface area contributed by atoms with Gasteiger partial charge >= 0.3 is 5.97 Å². The van der Waals surface area contributed by atoms with Gasteiger partial charge in [0.2, 0.25) is 0 Å². The molecule has 0 bridgehead atoms. The van der Waals surface area contributed by atoms with Gasteiger partial charge in [-0.1, -0.05) is 24.3 Å².